The van der Waals surface area contributed by atoms with Crippen LogP contribution in [0.4, 0.5) is 11.4 Å². The normalized spacial score (nSPS) is 11.1. The van der Waals surface area contributed by atoms with Crippen LogP contribution in [0.25, 0.3) is 0 Å². The Kier molecular flexibility index (Phi) is 6.51. The number of carbonyl (C=O) groups is 1. The highest BCUT2D eigenvalue weighted by Gasteiger charge is 2.26. The summed E-state index contributed by atoms with van der Waals surface area (Å²) in [6.07, 6.45) is 0.712. The van der Waals surface area contributed by atoms with Crippen molar-refractivity contribution in [2.45, 2.75) is 31.1 Å². The Morgan fingerprint density at radius 2 is 1.85 bits per heavy atom. The molecule has 0 spiro atoms. The molecule has 1 N–H and O–H groups in total. The van der Waals surface area contributed by atoms with E-state index in [0.29, 0.717) is 5.69 Å². The van der Waals surface area contributed by atoms with E-state index < -0.39 is 20.9 Å². The van der Waals surface area contributed by atoms with Crippen molar-refractivity contribution in [1.82, 2.24) is 0 Å². The molecule has 9 heteroatoms. The van der Waals surface area contributed by atoms with E-state index in [1.807, 2.05) is 6.92 Å². The van der Waals surface area contributed by atoms with E-state index in [1.54, 1.807) is 24.3 Å². The largest absolute Gasteiger partial charge is 0.481 e. The summed E-state index contributed by atoms with van der Waals surface area (Å²) in [6, 6.07) is 11.7. The van der Waals surface area contributed by atoms with Crippen LogP contribution in [0.15, 0.2) is 53.4 Å². The Morgan fingerprint density at radius 1 is 1.19 bits per heavy atom. The summed E-state index contributed by atoms with van der Waals surface area (Å²) in [5.41, 5.74) is 1.07. The highest BCUT2D eigenvalue weighted by Crippen LogP contribution is 2.27. The smallest absolute Gasteiger partial charge is 0.303 e. The number of sulfonamides is 1. The van der Waals surface area contributed by atoms with Gasteiger partial charge >= 0.3 is 5.97 Å². The van der Waals surface area contributed by atoms with Crippen LogP contribution in [0, 0.1) is 10.1 Å². The summed E-state index contributed by atoms with van der Waals surface area (Å²) >= 11 is 0. The first kappa shape index (κ1) is 20.4. The lowest BCUT2D eigenvalue weighted by molar-refractivity contribution is -0.385. The number of non-ortho nitro benzene ring substituents is 1. The molecule has 0 fully saturated rings. The van der Waals surface area contributed by atoms with E-state index in [2.05, 4.69) is 0 Å². The number of carboxylic acids is 1. The van der Waals surface area contributed by atoms with Crippen LogP contribution in [-0.4, -0.2) is 31.0 Å². The van der Waals surface area contributed by atoms with E-state index in [9.17, 15) is 23.3 Å². The summed E-state index contributed by atoms with van der Waals surface area (Å²) in [4.78, 5) is 20.9. The summed E-state index contributed by atoms with van der Waals surface area (Å²) in [7, 11) is -4.09. The third-order valence-electron chi connectivity index (χ3n) is 4.00. The van der Waals surface area contributed by atoms with Crippen LogP contribution in [0.3, 0.4) is 0 Å². The Bertz CT molecular complexity index is 925. The molecule has 2 rings (SSSR count). The quantitative estimate of drug-likeness (QED) is 0.517. The van der Waals surface area contributed by atoms with Crippen LogP contribution in [0.1, 0.15) is 25.3 Å². The number of rotatable bonds is 9. The fourth-order valence-electron chi connectivity index (χ4n) is 2.54. The topological polar surface area (TPSA) is 118 Å². The van der Waals surface area contributed by atoms with Gasteiger partial charge in [-0.25, -0.2) is 8.42 Å². The van der Waals surface area contributed by atoms with Crippen LogP contribution < -0.4 is 4.31 Å². The Morgan fingerprint density at radius 3 is 2.41 bits per heavy atom. The fourth-order valence-corrected chi connectivity index (χ4v) is 4.09. The Hall–Kier alpha value is -2.94. The van der Waals surface area contributed by atoms with Gasteiger partial charge in [-0.05, 0) is 36.6 Å². The van der Waals surface area contributed by atoms with Gasteiger partial charge in [-0.2, -0.15) is 0 Å². The van der Waals surface area contributed by atoms with Gasteiger partial charge in [0.25, 0.3) is 15.7 Å². The number of carboxylic acid groups (broad SMARTS) is 1. The molecule has 2 aromatic rings. The zero-order chi connectivity index (χ0) is 20.0. The van der Waals surface area contributed by atoms with Crippen molar-refractivity contribution >= 4 is 27.4 Å². The molecular weight excluding hydrogens is 372 g/mol. The molecule has 0 saturated carbocycles. The molecule has 0 aliphatic heterocycles. The van der Waals surface area contributed by atoms with E-state index in [0.717, 1.165) is 22.4 Å². The van der Waals surface area contributed by atoms with Crippen molar-refractivity contribution in [3.63, 3.8) is 0 Å². The van der Waals surface area contributed by atoms with Gasteiger partial charge in [0.15, 0.2) is 0 Å². The number of benzene rings is 2. The van der Waals surface area contributed by atoms with Crippen molar-refractivity contribution in [3.05, 3.63) is 64.2 Å². The van der Waals surface area contributed by atoms with Crippen LogP contribution in [0.2, 0.25) is 0 Å². The van der Waals surface area contributed by atoms with Crippen LogP contribution >= 0.6 is 0 Å². The molecule has 8 nitrogen and oxygen atoms in total. The number of nitro benzene ring substituents is 1. The molecule has 0 aromatic heterocycles. The summed E-state index contributed by atoms with van der Waals surface area (Å²) in [6.45, 7) is 1.92. The van der Waals surface area contributed by atoms with Crippen molar-refractivity contribution in [2.75, 3.05) is 10.8 Å². The van der Waals surface area contributed by atoms with Gasteiger partial charge in [-0.3, -0.25) is 19.2 Å². The van der Waals surface area contributed by atoms with Gasteiger partial charge in [-0.1, -0.05) is 25.1 Å². The minimum absolute atomic E-state index is 0.0528. The van der Waals surface area contributed by atoms with Crippen LogP contribution in [0.5, 0.6) is 0 Å². The molecule has 0 heterocycles. The van der Waals surface area contributed by atoms with E-state index in [1.165, 1.54) is 18.2 Å². The predicted molar refractivity (Wildman–Crippen MR) is 100 cm³/mol. The Balaban J connectivity index is 2.44. The van der Waals surface area contributed by atoms with Gasteiger partial charge in [0.1, 0.15) is 0 Å². The maximum atomic E-state index is 13.1. The second kappa shape index (κ2) is 8.63. The Labute approximate surface area is 157 Å². The van der Waals surface area contributed by atoms with Crippen molar-refractivity contribution in [1.29, 1.82) is 0 Å². The summed E-state index contributed by atoms with van der Waals surface area (Å²) in [5, 5.41) is 19.8. The lowest BCUT2D eigenvalue weighted by atomic mass is 10.1. The number of aliphatic carboxylic acids is 1. The van der Waals surface area contributed by atoms with Gasteiger partial charge in [0.05, 0.1) is 15.5 Å². The van der Waals surface area contributed by atoms with E-state index in [4.69, 9.17) is 5.11 Å². The minimum atomic E-state index is -4.09. The zero-order valence-corrected chi connectivity index (χ0v) is 15.6. The molecule has 0 radical (unpaired) electrons. The molecule has 0 aliphatic rings. The number of hydrogen-bond acceptors (Lipinski definition) is 5. The molecule has 144 valence electrons. The molecule has 2 aromatic carbocycles. The SMILES string of the molecule is CCc1ccc(N(CCCC(=O)O)S(=O)(=O)c2cccc([N+](=O)[O-])c2)cc1. The number of aryl methyl sites for hydroxylation is 1. The lowest BCUT2D eigenvalue weighted by Crippen LogP contribution is -2.32. The molecule has 0 unspecified atom stereocenters. The second-order valence-electron chi connectivity index (χ2n) is 5.85. The average Bonchev–Trinajstić information content (AvgIpc) is 2.65. The highest BCUT2D eigenvalue weighted by atomic mass is 32.2. The third kappa shape index (κ3) is 5.04. The standard InChI is InChI=1S/C18H20N2O6S/c1-2-14-8-10-15(11-9-14)19(12-4-7-18(21)22)27(25,26)17-6-3-5-16(13-17)20(23)24/h3,5-6,8-11,13H,2,4,7,12H2,1H3,(H,21,22). The summed E-state index contributed by atoms with van der Waals surface area (Å²) < 4.78 is 27.3. The molecule has 0 saturated heterocycles. The van der Waals surface area contributed by atoms with Crippen LogP contribution in [-0.2, 0) is 21.2 Å². The first-order valence-electron chi connectivity index (χ1n) is 8.33. The first-order valence-corrected chi connectivity index (χ1v) is 9.77. The number of nitro groups is 1. The predicted octanol–water partition coefficient (Wildman–Crippen LogP) is 3.22. The fraction of sp³-hybridized carbons (Fsp3) is 0.278. The third-order valence-corrected chi connectivity index (χ3v) is 5.82. The number of hydrogen-bond donors (Lipinski definition) is 1. The van der Waals surface area contributed by atoms with Gasteiger partial charge in [0, 0.05) is 25.1 Å². The van der Waals surface area contributed by atoms with Crippen molar-refractivity contribution in [2.24, 2.45) is 0 Å². The molecule has 0 bridgehead atoms. The molecule has 0 aliphatic carbocycles. The van der Waals surface area contributed by atoms with Gasteiger partial charge in [0.2, 0.25) is 0 Å². The first-order chi connectivity index (χ1) is 12.8. The minimum Gasteiger partial charge on any atom is -0.481 e. The van der Waals surface area contributed by atoms with E-state index >= 15 is 0 Å². The lowest BCUT2D eigenvalue weighted by Gasteiger charge is -2.24. The van der Waals surface area contributed by atoms with E-state index in [-0.39, 0.29) is 30.0 Å². The second-order valence-corrected chi connectivity index (χ2v) is 7.71. The maximum Gasteiger partial charge on any atom is 0.303 e. The monoisotopic (exact) mass is 392 g/mol. The maximum absolute atomic E-state index is 13.1. The average molecular weight is 392 g/mol. The molecule has 27 heavy (non-hydrogen) atoms. The van der Waals surface area contributed by atoms with Crippen molar-refractivity contribution in [3.8, 4) is 0 Å². The van der Waals surface area contributed by atoms with Gasteiger partial charge in [-0.15, -0.1) is 0 Å². The number of nitrogens with zero attached hydrogens (tertiary/aromatic N) is 2. The van der Waals surface area contributed by atoms with Crippen molar-refractivity contribution < 1.29 is 23.2 Å². The molecular formula is C18H20N2O6S. The number of anilines is 1. The highest BCUT2D eigenvalue weighted by molar-refractivity contribution is 7.92. The van der Waals surface area contributed by atoms with Gasteiger partial charge < -0.3 is 5.11 Å². The summed E-state index contributed by atoms with van der Waals surface area (Å²) in [5.74, 6) is -1.02. The zero-order valence-electron chi connectivity index (χ0n) is 14.7. The molecule has 0 amide bonds. The molecule has 0 atom stereocenters.